The summed E-state index contributed by atoms with van der Waals surface area (Å²) in [6.45, 7) is 5.81. The van der Waals surface area contributed by atoms with Crippen LogP contribution >= 0.6 is 0 Å². The summed E-state index contributed by atoms with van der Waals surface area (Å²) >= 11 is 0. The molecule has 0 aliphatic carbocycles. The lowest BCUT2D eigenvalue weighted by Crippen LogP contribution is -2.33. The van der Waals surface area contributed by atoms with E-state index >= 15 is 0 Å². The van der Waals surface area contributed by atoms with E-state index in [0.717, 1.165) is 17.0 Å². The molecule has 0 unspecified atom stereocenters. The zero-order valence-electron chi connectivity index (χ0n) is 23.1. The van der Waals surface area contributed by atoms with Gasteiger partial charge in [-0.25, -0.2) is 17.6 Å². The lowest BCUT2D eigenvalue weighted by atomic mass is 10.0. The minimum absolute atomic E-state index is 0.0868. The molecule has 2 heterocycles. The molecule has 10 nitrogen and oxygen atoms in total. The number of fused-ring (bicyclic) bond motifs is 1. The van der Waals surface area contributed by atoms with Crippen molar-refractivity contribution in [2.24, 2.45) is 0 Å². The number of benzene rings is 1. The van der Waals surface area contributed by atoms with Crippen molar-refractivity contribution in [2.75, 3.05) is 31.2 Å². The molecule has 0 radical (unpaired) electrons. The molecule has 3 aromatic rings. The lowest BCUT2D eigenvalue weighted by molar-refractivity contribution is 0.0526. The van der Waals surface area contributed by atoms with Crippen molar-refractivity contribution in [2.45, 2.75) is 52.1 Å². The molecule has 12 heteroatoms. The number of carbonyl (C=O) groups excluding carboxylic acids is 2. The lowest BCUT2D eigenvalue weighted by Gasteiger charge is -2.20. The number of carbonyl (C=O) groups is 2. The number of sulfonamides is 1. The molecular formula is C27H35FN4O6S. The van der Waals surface area contributed by atoms with Crippen LogP contribution < -0.4 is 14.9 Å². The molecule has 0 aliphatic rings. The zero-order valence-corrected chi connectivity index (χ0v) is 23.9. The number of amides is 2. The van der Waals surface area contributed by atoms with Gasteiger partial charge in [-0.2, -0.15) is 4.98 Å². The Kier molecular flexibility index (Phi) is 9.21. The molecule has 3 rings (SSSR count). The maximum absolute atomic E-state index is 13.5. The minimum Gasteiger partial charge on any atom is -0.444 e. The number of nitrogens with one attached hydrogen (secondary N) is 2. The number of aromatic nitrogens is 1. The summed E-state index contributed by atoms with van der Waals surface area (Å²) in [6, 6.07) is 7.23. The van der Waals surface area contributed by atoms with Gasteiger partial charge in [-0.1, -0.05) is 6.42 Å². The normalized spacial score (nSPS) is 11.9. The van der Waals surface area contributed by atoms with Crippen LogP contribution in [-0.4, -0.2) is 57.9 Å². The Hall–Kier alpha value is -3.67. The van der Waals surface area contributed by atoms with E-state index in [9.17, 15) is 22.4 Å². The fraction of sp³-hybridized carbons (Fsp3) is 0.444. The van der Waals surface area contributed by atoms with Gasteiger partial charge in [0.05, 0.1) is 17.2 Å². The largest absolute Gasteiger partial charge is 0.444 e. The first-order chi connectivity index (χ1) is 18.2. The fourth-order valence-corrected chi connectivity index (χ4v) is 4.42. The molecule has 0 aliphatic heterocycles. The van der Waals surface area contributed by atoms with Crippen LogP contribution in [0.1, 0.15) is 56.0 Å². The minimum atomic E-state index is -3.65. The van der Waals surface area contributed by atoms with E-state index in [1.165, 1.54) is 38.4 Å². The molecule has 0 fully saturated rings. The van der Waals surface area contributed by atoms with E-state index in [0.29, 0.717) is 42.3 Å². The van der Waals surface area contributed by atoms with Crippen LogP contribution in [0.25, 0.3) is 22.4 Å². The quantitative estimate of drug-likeness (QED) is 0.345. The third-order valence-electron chi connectivity index (χ3n) is 5.89. The van der Waals surface area contributed by atoms with Crippen molar-refractivity contribution in [3.8, 4) is 11.3 Å². The number of hydrogen-bond donors (Lipinski definition) is 2. The topological polar surface area (TPSA) is 131 Å². The third kappa shape index (κ3) is 7.69. The van der Waals surface area contributed by atoms with Crippen LogP contribution in [0.2, 0.25) is 0 Å². The first-order valence-corrected chi connectivity index (χ1v) is 14.4. The predicted octanol–water partition coefficient (Wildman–Crippen LogP) is 4.63. The van der Waals surface area contributed by atoms with Crippen molar-refractivity contribution >= 4 is 38.9 Å². The number of hydrogen-bond acceptors (Lipinski definition) is 7. The summed E-state index contributed by atoms with van der Waals surface area (Å²) in [4.78, 5) is 29.2. The molecule has 0 atom stereocenters. The Morgan fingerprint density at radius 3 is 2.38 bits per heavy atom. The number of furan rings is 1. The summed E-state index contributed by atoms with van der Waals surface area (Å²) in [5.74, 6) is -0.455. The van der Waals surface area contributed by atoms with Crippen LogP contribution in [0.4, 0.5) is 15.0 Å². The number of rotatable bonds is 10. The third-order valence-corrected chi connectivity index (χ3v) is 7.05. The molecule has 2 N–H and O–H groups in total. The molecule has 0 saturated carbocycles. The van der Waals surface area contributed by atoms with Gasteiger partial charge in [0.15, 0.2) is 0 Å². The standard InChI is InChI=1S/C27H35FN4O6S/c1-27(2,3)38-26(34)30-15-9-7-8-10-18-16-20-21(24(33)29-4)22(17-11-13-19(28)14-12-17)37-25(20)31-23(18)32(5)39(6,35)36/h11-14,16H,7-10,15H2,1-6H3,(H,29,33)(H,30,34). The van der Waals surface area contributed by atoms with Crippen molar-refractivity contribution in [3.63, 3.8) is 0 Å². The van der Waals surface area contributed by atoms with Crippen molar-refractivity contribution in [3.05, 3.63) is 47.3 Å². The van der Waals surface area contributed by atoms with Gasteiger partial charge in [0.2, 0.25) is 15.7 Å². The number of anilines is 1. The van der Waals surface area contributed by atoms with Crippen molar-refractivity contribution < 1.29 is 31.6 Å². The molecule has 0 spiro atoms. The Labute approximate surface area is 228 Å². The van der Waals surface area contributed by atoms with Crippen LogP contribution in [0.15, 0.2) is 34.7 Å². The van der Waals surface area contributed by atoms with E-state index in [2.05, 4.69) is 15.6 Å². The number of nitrogens with zero attached hydrogens (tertiary/aromatic N) is 2. The number of aryl methyl sites for hydroxylation is 1. The Morgan fingerprint density at radius 2 is 1.79 bits per heavy atom. The summed E-state index contributed by atoms with van der Waals surface area (Å²) in [5.41, 5.74) is 0.832. The van der Waals surface area contributed by atoms with Gasteiger partial charge in [0, 0.05) is 26.2 Å². The summed E-state index contributed by atoms with van der Waals surface area (Å²) in [5, 5.41) is 5.74. The molecule has 212 valence electrons. The van der Waals surface area contributed by atoms with E-state index in [1.54, 1.807) is 26.8 Å². The van der Waals surface area contributed by atoms with E-state index in [1.807, 2.05) is 0 Å². The van der Waals surface area contributed by atoms with Crippen molar-refractivity contribution in [1.29, 1.82) is 0 Å². The maximum Gasteiger partial charge on any atom is 0.407 e. The second kappa shape index (κ2) is 12.0. The molecule has 0 saturated heterocycles. The van der Waals surface area contributed by atoms with E-state index < -0.39 is 33.4 Å². The zero-order chi connectivity index (χ0) is 29.0. The second-order valence-corrected chi connectivity index (χ2v) is 12.2. The van der Waals surface area contributed by atoms with Crippen LogP contribution in [0, 0.1) is 5.82 Å². The molecule has 0 bridgehead atoms. The highest BCUT2D eigenvalue weighted by Crippen LogP contribution is 2.36. The monoisotopic (exact) mass is 562 g/mol. The van der Waals surface area contributed by atoms with Gasteiger partial charge < -0.3 is 19.8 Å². The highest BCUT2D eigenvalue weighted by molar-refractivity contribution is 7.92. The Morgan fingerprint density at radius 1 is 1.13 bits per heavy atom. The van der Waals surface area contributed by atoms with E-state index in [4.69, 9.17) is 9.15 Å². The average molecular weight is 563 g/mol. The number of alkyl carbamates (subject to hydrolysis) is 1. The number of unbranched alkanes of at least 4 members (excludes halogenated alkanes) is 2. The summed E-state index contributed by atoms with van der Waals surface area (Å²) in [6.07, 6.45) is 3.17. The SMILES string of the molecule is CNC(=O)c1c(-c2ccc(F)cc2)oc2nc(N(C)S(C)(=O)=O)c(CCCCCNC(=O)OC(C)(C)C)cc12. The predicted molar refractivity (Wildman–Crippen MR) is 148 cm³/mol. The van der Waals surface area contributed by atoms with Gasteiger partial charge in [-0.3, -0.25) is 9.10 Å². The number of halogens is 1. The smallest absolute Gasteiger partial charge is 0.407 e. The number of pyridine rings is 1. The highest BCUT2D eigenvalue weighted by Gasteiger charge is 2.26. The van der Waals surface area contributed by atoms with Crippen LogP contribution in [0.3, 0.4) is 0 Å². The summed E-state index contributed by atoms with van der Waals surface area (Å²) < 4.78 is 50.5. The van der Waals surface area contributed by atoms with Gasteiger partial charge in [-0.05, 0) is 75.9 Å². The first-order valence-electron chi connectivity index (χ1n) is 12.6. The fourth-order valence-electron chi connectivity index (χ4n) is 3.95. The van der Waals surface area contributed by atoms with Gasteiger partial charge in [0.25, 0.3) is 5.91 Å². The van der Waals surface area contributed by atoms with Crippen molar-refractivity contribution in [1.82, 2.24) is 15.6 Å². The first kappa shape index (κ1) is 29.9. The van der Waals surface area contributed by atoms with Gasteiger partial charge >= 0.3 is 6.09 Å². The van der Waals surface area contributed by atoms with Gasteiger partial charge in [-0.15, -0.1) is 0 Å². The summed E-state index contributed by atoms with van der Waals surface area (Å²) in [7, 11) is -0.754. The number of ether oxygens (including phenoxy) is 1. The average Bonchev–Trinajstić information content (AvgIpc) is 3.21. The highest BCUT2D eigenvalue weighted by atomic mass is 32.2. The molecular weight excluding hydrogens is 527 g/mol. The molecule has 1 aromatic carbocycles. The van der Waals surface area contributed by atoms with E-state index in [-0.39, 0.29) is 22.9 Å². The molecule has 39 heavy (non-hydrogen) atoms. The van der Waals surface area contributed by atoms with Crippen LogP contribution in [0.5, 0.6) is 0 Å². The maximum atomic E-state index is 13.5. The van der Waals surface area contributed by atoms with Crippen LogP contribution in [-0.2, 0) is 21.2 Å². The molecule has 2 aromatic heterocycles. The second-order valence-electron chi connectivity index (χ2n) is 10.2. The Balaban J connectivity index is 1.91. The Bertz CT molecular complexity index is 1450. The molecule has 2 amide bonds. The van der Waals surface area contributed by atoms with Gasteiger partial charge in [0.1, 0.15) is 23.0 Å².